The zero-order valence-corrected chi connectivity index (χ0v) is 16.8. The van der Waals surface area contributed by atoms with Crippen LogP contribution in [0.3, 0.4) is 0 Å². The minimum atomic E-state index is -3.74. The number of rotatable bonds is 3. The third-order valence-electron chi connectivity index (χ3n) is 5.82. The molecule has 0 saturated carbocycles. The van der Waals surface area contributed by atoms with Crippen LogP contribution in [0.25, 0.3) is 21.7 Å². The van der Waals surface area contributed by atoms with Crippen molar-refractivity contribution in [1.82, 2.24) is 4.57 Å². The lowest BCUT2D eigenvalue weighted by Crippen LogP contribution is -2.24. The summed E-state index contributed by atoms with van der Waals surface area (Å²) in [6.07, 6.45) is 3.87. The zero-order valence-electron chi connectivity index (χ0n) is 16.0. The summed E-state index contributed by atoms with van der Waals surface area (Å²) >= 11 is 0. The topological polar surface area (TPSA) is 56.1 Å². The van der Waals surface area contributed by atoms with Gasteiger partial charge in [0.05, 0.1) is 10.4 Å². The Morgan fingerprint density at radius 1 is 0.862 bits per heavy atom. The third-order valence-corrected chi connectivity index (χ3v) is 7.42. The molecule has 1 heterocycles. The highest BCUT2D eigenvalue weighted by atomic mass is 32.2. The van der Waals surface area contributed by atoms with E-state index in [4.69, 9.17) is 0 Å². The second-order valence-corrected chi connectivity index (χ2v) is 9.64. The van der Waals surface area contributed by atoms with Crippen LogP contribution in [-0.2, 0) is 22.7 Å². The number of nitrogens with zero attached hydrogens (tertiary/aromatic N) is 1. The van der Waals surface area contributed by atoms with Crippen molar-refractivity contribution in [2.45, 2.75) is 30.6 Å². The van der Waals surface area contributed by atoms with E-state index in [0.29, 0.717) is 0 Å². The van der Waals surface area contributed by atoms with Crippen LogP contribution in [0, 0.1) is 0 Å². The van der Waals surface area contributed by atoms with E-state index in [2.05, 4.69) is 0 Å². The quantitative estimate of drug-likeness (QED) is 0.494. The number of benzene rings is 3. The standard InChI is InChI=1S/C24H21NO3S/c26-24(16-29(27,28)19-14-13-17-7-1-2-8-18(17)15-19)25-22-11-5-3-9-20(22)21-10-4-6-12-23(21)25/h1-3,5,7-9,11,13-15H,4,6,10,12,16H2. The summed E-state index contributed by atoms with van der Waals surface area (Å²) in [5, 5.41) is 2.90. The minimum Gasteiger partial charge on any atom is -0.283 e. The van der Waals surface area contributed by atoms with Crippen molar-refractivity contribution in [3.63, 3.8) is 0 Å². The van der Waals surface area contributed by atoms with E-state index >= 15 is 0 Å². The number of hydrogen-bond acceptors (Lipinski definition) is 3. The van der Waals surface area contributed by atoms with Crippen molar-refractivity contribution >= 4 is 37.4 Å². The number of carbonyl (C=O) groups excluding carboxylic acids is 1. The second kappa shape index (κ2) is 6.85. The number of carbonyl (C=O) groups is 1. The Bertz CT molecular complexity index is 1370. The molecule has 1 aliphatic carbocycles. The van der Waals surface area contributed by atoms with Crippen molar-refractivity contribution in [2.75, 3.05) is 5.75 Å². The van der Waals surface area contributed by atoms with Crippen LogP contribution in [0.2, 0.25) is 0 Å². The van der Waals surface area contributed by atoms with Gasteiger partial charge in [-0.3, -0.25) is 9.36 Å². The van der Waals surface area contributed by atoms with Gasteiger partial charge in [0.1, 0.15) is 5.75 Å². The molecule has 0 aliphatic heterocycles. The molecular weight excluding hydrogens is 382 g/mol. The molecule has 4 aromatic rings. The van der Waals surface area contributed by atoms with Crippen LogP contribution in [0.15, 0.2) is 71.6 Å². The number of aromatic nitrogens is 1. The Balaban J connectivity index is 1.56. The molecule has 3 aromatic carbocycles. The Morgan fingerprint density at radius 2 is 1.59 bits per heavy atom. The summed E-state index contributed by atoms with van der Waals surface area (Å²) in [7, 11) is -3.74. The molecule has 0 fully saturated rings. The smallest absolute Gasteiger partial charge is 0.246 e. The van der Waals surface area contributed by atoms with Crippen LogP contribution in [0.4, 0.5) is 0 Å². The van der Waals surface area contributed by atoms with Gasteiger partial charge in [-0.1, -0.05) is 48.5 Å². The molecule has 29 heavy (non-hydrogen) atoms. The van der Waals surface area contributed by atoms with Crippen LogP contribution in [0.5, 0.6) is 0 Å². The first-order chi connectivity index (χ1) is 14.0. The van der Waals surface area contributed by atoms with Gasteiger partial charge in [-0.2, -0.15) is 0 Å². The number of aryl methyl sites for hydroxylation is 1. The Labute approximate surface area is 169 Å². The first-order valence-corrected chi connectivity index (χ1v) is 11.6. The fraction of sp³-hybridized carbons (Fsp3) is 0.208. The van der Waals surface area contributed by atoms with Crippen molar-refractivity contribution in [2.24, 2.45) is 0 Å². The van der Waals surface area contributed by atoms with Crippen LogP contribution in [0.1, 0.15) is 28.9 Å². The van der Waals surface area contributed by atoms with Crippen molar-refractivity contribution in [3.8, 4) is 0 Å². The lowest BCUT2D eigenvalue weighted by Gasteiger charge is -2.15. The van der Waals surface area contributed by atoms with Gasteiger partial charge in [-0.25, -0.2) is 8.42 Å². The summed E-state index contributed by atoms with van der Waals surface area (Å²) in [6, 6.07) is 20.5. The summed E-state index contributed by atoms with van der Waals surface area (Å²) in [5.41, 5.74) is 3.00. The minimum absolute atomic E-state index is 0.190. The van der Waals surface area contributed by atoms with E-state index in [1.54, 1.807) is 22.8 Å². The van der Waals surface area contributed by atoms with Gasteiger partial charge in [0, 0.05) is 11.1 Å². The van der Waals surface area contributed by atoms with Crippen molar-refractivity contribution in [3.05, 3.63) is 78.0 Å². The molecule has 5 rings (SSSR count). The van der Waals surface area contributed by atoms with E-state index < -0.39 is 15.6 Å². The molecule has 0 unspecified atom stereocenters. The summed E-state index contributed by atoms with van der Waals surface area (Å²) in [6.45, 7) is 0. The molecule has 0 amide bonds. The maximum absolute atomic E-state index is 13.2. The van der Waals surface area contributed by atoms with Crippen molar-refractivity contribution in [1.29, 1.82) is 0 Å². The van der Waals surface area contributed by atoms with Gasteiger partial charge in [-0.15, -0.1) is 0 Å². The zero-order chi connectivity index (χ0) is 20.0. The first-order valence-electron chi connectivity index (χ1n) is 9.90. The molecule has 0 spiro atoms. The maximum Gasteiger partial charge on any atom is 0.246 e. The highest BCUT2D eigenvalue weighted by Crippen LogP contribution is 2.32. The highest BCUT2D eigenvalue weighted by Gasteiger charge is 2.27. The Morgan fingerprint density at radius 3 is 2.45 bits per heavy atom. The number of para-hydroxylation sites is 1. The Hall–Kier alpha value is -2.92. The predicted octanol–water partition coefficient (Wildman–Crippen LogP) is 4.79. The molecule has 0 radical (unpaired) electrons. The average Bonchev–Trinajstić information content (AvgIpc) is 3.08. The fourth-order valence-electron chi connectivity index (χ4n) is 4.45. The molecular formula is C24H21NO3S. The summed E-state index contributed by atoms with van der Waals surface area (Å²) < 4.78 is 27.8. The van der Waals surface area contributed by atoms with Gasteiger partial charge in [0.2, 0.25) is 5.91 Å². The van der Waals surface area contributed by atoms with E-state index in [0.717, 1.165) is 53.1 Å². The van der Waals surface area contributed by atoms with E-state index in [1.807, 2.05) is 48.5 Å². The van der Waals surface area contributed by atoms with Gasteiger partial charge >= 0.3 is 0 Å². The average molecular weight is 404 g/mol. The van der Waals surface area contributed by atoms with Crippen LogP contribution < -0.4 is 0 Å². The van der Waals surface area contributed by atoms with Gasteiger partial charge in [-0.05, 0) is 60.2 Å². The highest BCUT2D eigenvalue weighted by molar-refractivity contribution is 7.92. The third kappa shape index (κ3) is 3.06. The lowest BCUT2D eigenvalue weighted by atomic mass is 9.96. The molecule has 0 N–H and O–H groups in total. The van der Waals surface area contributed by atoms with Gasteiger partial charge in [0.15, 0.2) is 9.84 Å². The number of sulfone groups is 1. The molecule has 5 heteroatoms. The molecule has 1 aromatic heterocycles. The van der Waals surface area contributed by atoms with E-state index in [-0.39, 0.29) is 10.8 Å². The molecule has 146 valence electrons. The number of fused-ring (bicyclic) bond motifs is 4. The molecule has 1 aliphatic rings. The fourth-order valence-corrected chi connectivity index (χ4v) is 5.65. The van der Waals surface area contributed by atoms with Crippen molar-refractivity contribution < 1.29 is 13.2 Å². The summed E-state index contributed by atoms with van der Waals surface area (Å²) in [5.74, 6) is -0.909. The second-order valence-electron chi connectivity index (χ2n) is 7.65. The maximum atomic E-state index is 13.2. The largest absolute Gasteiger partial charge is 0.283 e. The van der Waals surface area contributed by atoms with Crippen LogP contribution in [-0.4, -0.2) is 24.6 Å². The molecule has 4 nitrogen and oxygen atoms in total. The van der Waals surface area contributed by atoms with Gasteiger partial charge in [0.25, 0.3) is 0 Å². The van der Waals surface area contributed by atoms with Gasteiger partial charge < -0.3 is 0 Å². The Kier molecular flexibility index (Phi) is 4.28. The summed E-state index contributed by atoms with van der Waals surface area (Å²) in [4.78, 5) is 13.4. The molecule has 0 atom stereocenters. The normalized spacial score (nSPS) is 14.2. The van der Waals surface area contributed by atoms with E-state index in [9.17, 15) is 13.2 Å². The molecule has 0 bridgehead atoms. The molecule has 0 saturated heterocycles. The first kappa shape index (κ1) is 18.1. The monoisotopic (exact) mass is 403 g/mol. The SMILES string of the molecule is O=C(CS(=O)(=O)c1ccc2ccccc2c1)n1c2c(c3ccccc31)CCCC2. The van der Waals surface area contributed by atoms with E-state index in [1.165, 1.54) is 5.56 Å². The lowest BCUT2D eigenvalue weighted by molar-refractivity contribution is 0.0941. The van der Waals surface area contributed by atoms with Crippen LogP contribution >= 0.6 is 0 Å². The number of hydrogen-bond donors (Lipinski definition) is 0. The predicted molar refractivity (Wildman–Crippen MR) is 115 cm³/mol.